The highest BCUT2D eigenvalue weighted by Crippen LogP contribution is 2.64. The molecule has 2 aliphatic rings. The highest BCUT2D eigenvalue weighted by atomic mass is 19.4. The lowest BCUT2D eigenvalue weighted by Gasteiger charge is -2.07. The quantitative estimate of drug-likeness (QED) is 0.613. The van der Waals surface area contributed by atoms with Crippen LogP contribution in [0.2, 0.25) is 0 Å². The fourth-order valence-corrected chi connectivity index (χ4v) is 2.50. The lowest BCUT2D eigenvalue weighted by atomic mass is 10.1. The summed E-state index contributed by atoms with van der Waals surface area (Å²) in [7, 11) is 1.43. The Balaban J connectivity index is 2.23. The molecule has 0 bridgehead atoms. The molecule has 0 aliphatic heterocycles. The summed E-state index contributed by atoms with van der Waals surface area (Å²) >= 11 is 0. The number of hydrogen-bond acceptors (Lipinski definition) is 1. The maximum absolute atomic E-state index is 13.9. The van der Waals surface area contributed by atoms with E-state index < -0.39 is 17.5 Å². The molecule has 2 atom stereocenters. The molecule has 2 aliphatic carbocycles. The van der Waals surface area contributed by atoms with Crippen molar-refractivity contribution in [1.29, 1.82) is 0 Å². The maximum atomic E-state index is 13.9. The van der Waals surface area contributed by atoms with Crippen LogP contribution in [-0.4, -0.2) is 9.78 Å². The Labute approximate surface area is 82.9 Å². The van der Waals surface area contributed by atoms with Crippen LogP contribution in [-0.2, 0) is 25.3 Å². The van der Waals surface area contributed by atoms with E-state index in [4.69, 9.17) is 0 Å². The summed E-state index contributed by atoms with van der Waals surface area (Å²) in [6, 6.07) is 0. The molecule has 0 radical (unpaired) electrons. The van der Waals surface area contributed by atoms with Gasteiger partial charge in [-0.1, -0.05) is 0 Å². The third-order valence-corrected chi connectivity index (χ3v) is 3.32. The molecule has 1 fully saturated rings. The van der Waals surface area contributed by atoms with E-state index in [0.29, 0.717) is 12.1 Å². The largest absolute Gasteiger partial charge is 0.435 e. The topological polar surface area (TPSA) is 17.8 Å². The third-order valence-electron chi connectivity index (χ3n) is 3.32. The first kappa shape index (κ1) is 9.18. The molecule has 2 nitrogen and oxygen atoms in total. The van der Waals surface area contributed by atoms with Gasteiger partial charge in [0.2, 0.25) is 0 Å². The first-order valence-corrected chi connectivity index (χ1v) is 4.66. The fourth-order valence-electron chi connectivity index (χ4n) is 2.50. The molecule has 3 rings (SSSR count). The molecule has 1 aromatic rings. The van der Waals surface area contributed by atoms with Crippen molar-refractivity contribution >= 4 is 0 Å². The minimum atomic E-state index is -4.55. The van der Waals surface area contributed by atoms with Gasteiger partial charge >= 0.3 is 6.18 Å². The number of fused-ring (bicyclic) bond motifs is 3. The van der Waals surface area contributed by atoms with E-state index in [0.717, 1.165) is 4.68 Å². The van der Waals surface area contributed by atoms with Crippen LogP contribution in [0.25, 0.3) is 0 Å². The number of hydrogen-bond donors (Lipinski definition) is 0. The van der Waals surface area contributed by atoms with Crippen molar-refractivity contribution in [2.24, 2.45) is 13.0 Å². The number of halogens is 4. The van der Waals surface area contributed by atoms with E-state index >= 15 is 0 Å². The van der Waals surface area contributed by atoms with Crippen LogP contribution in [0.1, 0.15) is 23.4 Å². The zero-order valence-electron chi connectivity index (χ0n) is 7.90. The average Bonchev–Trinajstić information content (AvgIpc) is 2.49. The highest BCUT2D eigenvalue weighted by Gasteiger charge is 2.66. The summed E-state index contributed by atoms with van der Waals surface area (Å²) in [4.78, 5) is 0. The summed E-state index contributed by atoms with van der Waals surface area (Å²) in [6.45, 7) is 0. The predicted molar refractivity (Wildman–Crippen MR) is 42.8 cm³/mol. The zero-order chi connectivity index (χ0) is 11.0. The van der Waals surface area contributed by atoms with Crippen molar-refractivity contribution in [1.82, 2.24) is 9.78 Å². The van der Waals surface area contributed by atoms with Crippen LogP contribution in [0.15, 0.2) is 0 Å². The van der Waals surface area contributed by atoms with Crippen molar-refractivity contribution in [3.63, 3.8) is 0 Å². The average molecular weight is 220 g/mol. The minimum Gasteiger partial charge on any atom is -0.272 e. The second kappa shape index (κ2) is 2.20. The van der Waals surface area contributed by atoms with E-state index in [-0.39, 0.29) is 17.9 Å². The van der Waals surface area contributed by atoms with Crippen LogP contribution in [0.5, 0.6) is 0 Å². The van der Waals surface area contributed by atoms with Gasteiger partial charge in [0.05, 0.1) is 0 Å². The Morgan fingerprint density at radius 3 is 2.73 bits per heavy atom. The Kier molecular flexibility index (Phi) is 1.35. The number of rotatable bonds is 0. The molecule has 0 spiro atoms. The van der Waals surface area contributed by atoms with Crippen molar-refractivity contribution < 1.29 is 17.6 Å². The Bertz CT molecular complexity index is 448. The molecule has 1 aromatic heterocycles. The first-order valence-electron chi connectivity index (χ1n) is 4.66. The van der Waals surface area contributed by atoms with Crippen molar-refractivity contribution in [2.75, 3.05) is 0 Å². The fraction of sp³-hybridized carbons (Fsp3) is 0.667. The predicted octanol–water partition coefficient (Wildman–Crippen LogP) is 2.18. The molecule has 0 N–H and O–H groups in total. The van der Waals surface area contributed by atoms with E-state index in [2.05, 4.69) is 5.10 Å². The van der Waals surface area contributed by atoms with Gasteiger partial charge in [-0.3, -0.25) is 4.68 Å². The molecule has 15 heavy (non-hydrogen) atoms. The summed E-state index contributed by atoms with van der Waals surface area (Å²) in [5, 5.41) is 3.38. The van der Waals surface area contributed by atoms with Gasteiger partial charge in [-0.25, -0.2) is 4.39 Å². The van der Waals surface area contributed by atoms with E-state index in [1.54, 1.807) is 0 Å². The molecule has 1 saturated carbocycles. The van der Waals surface area contributed by atoms with Gasteiger partial charge in [0.1, 0.15) is 5.67 Å². The summed E-state index contributed by atoms with van der Waals surface area (Å²) in [6.07, 6.45) is -3.96. The number of nitrogens with zero attached hydrogens (tertiary/aromatic N) is 2. The lowest BCUT2D eigenvalue weighted by Crippen LogP contribution is -2.12. The molecule has 82 valence electrons. The summed E-state index contributed by atoms with van der Waals surface area (Å²) in [5.74, 6) is -0.252. The van der Waals surface area contributed by atoms with Gasteiger partial charge in [0.15, 0.2) is 5.69 Å². The Morgan fingerprint density at radius 2 is 2.13 bits per heavy atom. The minimum absolute atomic E-state index is 0.206. The molecule has 0 aromatic carbocycles. The molecule has 0 amide bonds. The van der Waals surface area contributed by atoms with Gasteiger partial charge < -0.3 is 0 Å². The summed E-state index contributed by atoms with van der Waals surface area (Å²) < 4.78 is 52.8. The van der Waals surface area contributed by atoms with Gasteiger partial charge in [-0.05, 0) is 12.8 Å². The van der Waals surface area contributed by atoms with Crippen molar-refractivity contribution in [3.05, 3.63) is 17.0 Å². The van der Waals surface area contributed by atoms with Crippen molar-refractivity contribution in [2.45, 2.75) is 24.7 Å². The molecule has 2 unspecified atom stereocenters. The van der Waals surface area contributed by atoms with E-state index in [1.165, 1.54) is 7.05 Å². The van der Waals surface area contributed by atoms with E-state index in [9.17, 15) is 17.6 Å². The molecular weight excluding hydrogens is 212 g/mol. The number of aromatic nitrogens is 2. The van der Waals surface area contributed by atoms with Crippen LogP contribution in [0.4, 0.5) is 17.6 Å². The number of alkyl halides is 4. The van der Waals surface area contributed by atoms with Crippen LogP contribution >= 0.6 is 0 Å². The standard InChI is InChI=1S/C9H8F4N2/c1-15-5-2-4-3-8(4,10)6(5)7(14-15)9(11,12)13/h4H,2-3H2,1H3. The van der Waals surface area contributed by atoms with Gasteiger partial charge in [-0.15, -0.1) is 0 Å². The van der Waals surface area contributed by atoms with Crippen LogP contribution in [0, 0.1) is 5.92 Å². The van der Waals surface area contributed by atoms with Gasteiger partial charge in [0.25, 0.3) is 0 Å². The van der Waals surface area contributed by atoms with E-state index in [1.807, 2.05) is 0 Å². The lowest BCUT2D eigenvalue weighted by molar-refractivity contribution is -0.142. The molecule has 1 heterocycles. The zero-order valence-corrected chi connectivity index (χ0v) is 7.90. The molecule has 6 heteroatoms. The first-order chi connectivity index (χ1) is 6.84. The van der Waals surface area contributed by atoms with Crippen LogP contribution < -0.4 is 0 Å². The molecule has 0 saturated heterocycles. The molecular formula is C9H8F4N2. The maximum Gasteiger partial charge on any atom is 0.435 e. The van der Waals surface area contributed by atoms with Gasteiger partial charge in [-0.2, -0.15) is 18.3 Å². The monoisotopic (exact) mass is 220 g/mol. The second-order valence-corrected chi connectivity index (χ2v) is 4.26. The van der Waals surface area contributed by atoms with Crippen molar-refractivity contribution in [3.8, 4) is 0 Å². The normalized spacial score (nSPS) is 32.7. The number of aryl methyl sites for hydroxylation is 1. The second-order valence-electron chi connectivity index (χ2n) is 4.26. The Hall–Kier alpha value is -1.07. The SMILES string of the molecule is Cn1nc(C(F)(F)F)c2c1CC1CC21F. The summed E-state index contributed by atoms with van der Waals surface area (Å²) in [5.41, 5.74) is -2.58. The highest BCUT2D eigenvalue weighted by molar-refractivity contribution is 5.45. The smallest absolute Gasteiger partial charge is 0.272 e. The van der Waals surface area contributed by atoms with Gasteiger partial charge in [0, 0.05) is 24.2 Å². The Morgan fingerprint density at radius 1 is 1.47 bits per heavy atom. The van der Waals surface area contributed by atoms with Crippen LogP contribution in [0.3, 0.4) is 0 Å². The third kappa shape index (κ3) is 0.969.